The third-order valence-corrected chi connectivity index (χ3v) is 5.49. The molecular formula is C18H27NO. The fourth-order valence-electron chi connectivity index (χ4n) is 4.29. The number of aliphatic hydroxyl groups is 1. The number of rotatable bonds is 3. The SMILES string of the molecule is C[C@H](N[C@@H]1CCC[C@H]2CCCC[C@]21O)c1ccccc1. The van der Waals surface area contributed by atoms with Crippen LogP contribution in [0.4, 0.5) is 0 Å². The van der Waals surface area contributed by atoms with Crippen LogP contribution in [-0.4, -0.2) is 16.7 Å². The highest BCUT2D eigenvalue weighted by Gasteiger charge is 2.47. The van der Waals surface area contributed by atoms with Gasteiger partial charge in [-0.25, -0.2) is 0 Å². The van der Waals surface area contributed by atoms with Gasteiger partial charge in [-0.05, 0) is 44.1 Å². The van der Waals surface area contributed by atoms with Crippen molar-refractivity contribution in [1.29, 1.82) is 0 Å². The summed E-state index contributed by atoms with van der Waals surface area (Å²) < 4.78 is 0. The van der Waals surface area contributed by atoms with E-state index < -0.39 is 5.60 Å². The highest BCUT2D eigenvalue weighted by molar-refractivity contribution is 5.19. The number of fused-ring (bicyclic) bond motifs is 1. The van der Waals surface area contributed by atoms with Crippen LogP contribution in [-0.2, 0) is 0 Å². The molecule has 110 valence electrons. The summed E-state index contributed by atoms with van der Waals surface area (Å²) >= 11 is 0. The average Bonchev–Trinajstić information content (AvgIpc) is 2.49. The maximum atomic E-state index is 11.2. The molecule has 2 saturated carbocycles. The van der Waals surface area contributed by atoms with Gasteiger partial charge in [-0.1, -0.05) is 49.6 Å². The first kappa shape index (κ1) is 14.1. The molecule has 20 heavy (non-hydrogen) atoms. The number of hydrogen-bond donors (Lipinski definition) is 2. The van der Waals surface area contributed by atoms with E-state index in [1.54, 1.807) is 0 Å². The lowest BCUT2D eigenvalue weighted by atomic mass is 9.64. The van der Waals surface area contributed by atoms with Crippen LogP contribution in [0, 0.1) is 5.92 Å². The van der Waals surface area contributed by atoms with E-state index in [0.29, 0.717) is 12.0 Å². The van der Waals surface area contributed by atoms with Crippen molar-refractivity contribution in [2.24, 2.45) is 5.92 Å². The molecule has 2 fully saturated rings. The molecule has 0 spiro atoms. The molecule has 0 unspecified atom stereocenters. The molecule has 2 nitrogen and oxygen atoms in total. The molecular weight excluding hydrogens is 246 g/mol. The standard InChI is InChI=1S/C18H27NO/c1-14(15-8-3-2-4-9-15)19-17-12-7-11-16-10-5-6-13-18(16,17)20/h2-4,8-9,14,16-17,19-20H,5-7,10-13H2,1H3/t14-,16+,17+,18-/m0/s1. The molecule has 2 aliphatic carbocycles. The third-order valence-electron chi connectivity index (χ3n) is 5.49. The van der Waals surface area contributed by atoms with Crippen LogP contribution >= 0.6 is 0 Å². The first-order valence-corrected chi connectivity index (χ1v) is 8.23. The summed E-state index contributed by atoms with van der Waals surface area (Å²) in [7, 11) is 0. The Balaban J connectivity index is 1.72. The number of hydrogen-bond acceptors (Lipinski definition) is 2. The summed E-state index contributed by atoms with van der Waals surface area (Å²) in [5.74, 6) is 0.519. The van der Waals surface area contributed by atoms with E-state index in [4.69, 9.17) is 0 Å². The Hall–Kier alpha value is -0.860. The van der Waals surface area contributed by atoms with Crippen molar-refractivity contribution >= 4 is 0 Å². The van der Waals surface area contributed by atoms with Crippen LogP contribution < -0.4 is 5.32 Å². The van der Waals surface area contributed by atoms with Crippen molar-refractivity contribution in [3.63, 3.8) is 0 Å². The van der Waals surface area contributed by atoms with Crippen molar-refractivity contribution < 1.29 is 5.11 Å². The van der Waals surface area contributed by atoms with E-state index in [1.165, 1.54) is 37.7 Å². The van der Waals surface area contributed by atoms with Crippen LogP contribution in [0.5, 0.6) is 0 Å². The Labute approximate surface area is 122 Å². The zero-order valence-corrected chi connectivity index (χ0v) is 12.5. The molecule has 0 bridgehead atoms. The number of benzene rings is 1. The van der Waals surface area contributed by atoms with Gasteiger partial charge in [-0.15, -0.1) is 0 Å². The number of nitrogens with one attached hydrogen (secondary N) is 1. The lowest BCUT2D eigenvalue weighted by molar-refractivity contribution is -0.101. The van der Waals surface area contributed by atoms with E-state index >= 15 is 0 Å². The van der Waals surface area contributed by atoms with E-state index in [9.17, 15) is 5.11 Å². The first-order valence-electron chi connectivity index (χ1n) is 8.23. The molecule has 0 aliphatic heterocycles. The summed E-state index contributed by atoms with van der Waals surface area (Å²) in [6.45, 7) is 2.21. The Morgan fingerprint density at radius 1 is 1.10 bits per heavy atom. The van der Waals surface area contributed by atoms with Crippen LogP contribution in [0.1, 0.15) is 63.5 Å². The van der Waals surface area contributed by atoms with Crippen LogP contribution in [0.2, 0.25) is 0 Å². The lowest BCUT2D eigenvalue weighted by Gasteiger charge is -2.50. The van der Waals surface area contributed by atoms with Gasteiger partial charge in [0.15, 0.2) is 0 Å². The maximum Gasteiger partial charge on any atom is 0.0828 e. The van der Waals surface area contributed by atoms with Crippen LogP contribution in [0.25, 0.3) is 0 Å². The molecule has 0 radical (unpaired) electrons. The fraction of sp³-hybridized carbons (Fsp3) is 0.667. The second kappa shape index (κ2) is 5.87. The Morgan fingerprint density at radius 2 is 1.85 bits per heavy atom. The minimum Gasteiger partial charge on any atom is -0.388 e. The van der Waals surface area contributed by atoms with Gasteiger partial charge in [-0.2, -0.15) is 0 Å². The summed E-state index contributed by atoms with van der Waals surface area (Å²) in [4.78, 5) is 0. The Kier molecular flexibility index (Phi) is 4.13. The zero-order chi connectivity index (χ0) is 14.0. The van der Waals surface area contributed by atoms with Crippen molar-refractivity contribution in [3.8, 4) is 0 Å². The van der Waals surface area contributed by atoms with Crippen molar-refractivity contribution in [1.82, 2.24) is 5.32 Å². The molecule has 0 heterocycles. The predicted octanol–water partition coefficient (Wildman–Crippen LogP) is 3.81. The van der Waals surface area contributed by atoms with Gasteiger partial charge >= 0.3 is 0 Å². The summed E-state index contributed by atoms with van der Waals surface area (Å²) in [6.07, 6.45) is 8.27. The zero-order valence-electron chi connectivity index (χ0n) is 12.5. The molecule has 3 rings (SSSR count). The topological polar surface area (TPSA) is 32.3 Å². The van der Waals surface area contributed by atoms with Gasteiger partial charge in [-0.3, -0.25) is 0 Å². The Morgan fingerprint density at radius 3 is 2.65 bits per heavy atom. The maximum absolute atomic E-state index is 11.2. The average molecular weight is 273 g/mol. The van der Waals surface area contributed by atoms with Gasteiger partial charge in [0.1, 0.15) is 0 Å². The minimum absolute atomic E-state index is 0.261. The molecule has 0 aromatic heterocycles. The first-order chi connectivity index (χ1) is 9.70. The Bertz CT molecular complexity index is 430. The smallest absolute Gasteiger partial charge is 0.0828 e. The van der Waals surface area contributed by atoms with E-state index in [0.717, 1.165) is 12.8 Å². The van der Waals surface area contributed by atoms with Gasteiger partial charge in [0, 0.05) is 12.1 Å². The molecule has 0 amide bonds. The lowest BCUT2D eigenvalue weighted by Crippen LogP contribution is -2.59. The molecule has 4 atom stereocenters. The van der Waals surface area contributed by atoms with Gasteiger partial charge in [0.05, 0.1) is 5.60 Å². The molecule has 2 N–H and O–H groups in total. The highest BCUT2D eigenvalue weighted by atomic mass is 16.3. The second-order valence-corrected chi connectivity index (χ2v) is 6.72. The van der Waals surface area contributed by atoms with Crippen molar-refractivity contribution in [2.75, 3.05) is 0 Å². The van der Waals surface area contributed by atoms with Gasteiger partial charge < -0.3 is 10.4 Å². The molecule has 0 saturated heterocycles. The van der Waals surface area contributed by atoms with Gasteiger partial charge in [0.25, 0.3) is 0 Å². The van der Waals surface area contributed by atoms with E-state index in [2.05, 4.69) is 42.6 Å². The highest BCUT2D eigenvalue weighted by Crippen LogP contribution is 2.44. The third kappa shape index (κ3) is 2.64. The van der Waals surface area contributed by atoms with Crippen molar-refractivity contribution in [3.05, 3.63) is 35.9 Å². The quantitative estimate of drug-likeness (QED) is 0.877. The monoisotopic (exact) mass is 273 g/mol. The van der Waals surface area contributed by atoms with Crippen LogP contribution in [0.3, 0.4) is 0 Å². The molecule has 1 aromatic carbocycles. The van der Waals surface area contributed by atoms with E-state index in [1.807, 2.05) is 0 Å². The summed E-state index contributed by atoms with van der Waals surface area (Å²) in [5, 5.41) is 14.9. The minimum atomic E-state index is -0.459. The van der Waals surface area contributed by atoms with E-state index in [-0.39, 0.29) is 6.04 Å². The normalized spacial score (nSPS) is 35.3. The van der Waals surface area contributed by atoms with Crippen molar-refractivity contribution in [2.45, 2.75) is 69.6 Å². The molecule has 2 aliphatic rings. The summed E-state index contributed by atoms with van der Waals surface area (Å²) in [6, 6.07) is 11.1. The molecule has 1 aromatic rings. The fourth-order valence-corrected chi connectivity index (χ4v) is 4.29. The van der Waals surface area contributed by atoms with Crippen LogP contribution in [0.15, 0.2) is 30.3 Å². The second-order valence-electron chi connectivity index (χ2n) is 6.72. The largest absolute Gasteiger partial charge is 0.388 e. The summed E-state index contributed by atoms with van der Waals surface area (Å²) in [5.41, 5.74) is 0.855. The predicted molar refractivity (Wildman–Crippen MR) is 82.5 cm³/mol. The molecule has 2 heteroatoms. The van der Waals surface area contributed by atoms with Gasteiger partial charge in [0.2, 0.25) is 0 Å².